The van der Waals surface area contributed by atoms with Crippen molar-refractivity contribution >= 4 is 11.8 Å². The van der Waals surface area contributed by atoms with Crippen molar-refractivity contribution in [2.75, 3.05) is 0 Å². The predicted molar refractivity (Wildman–Crippen MR) is 51.3 cm³/mol. The fraction of sp³-hybridized carbons (Fsp3) is 0.273. The van der Waals surface area contributed by atoms with Gasteiger partial charge in [-0.05, 0) is 18.1 Å². The van der Waals surface area contributed by atoms with Crippen molar-refractivity contribution in [2.24, 2.45) is 0 Å². The number of benzene rings is 1. The van der Waals surface area contributed by atoms with E-state index < -0.39 is 0 Å². The highest BCUT2D eigenvalue weighted by Gasteiger charge is 2.10. The molecule has 1 aliphatic heterocycles. The van der Waals surface area contributed by atoms with Crippen LogP contribution in [-0.2, 0) is 0 Å². The molecular formula is C11H12N. The van der Waals surface area contributed by atoms with Gasteiger partial charge in [-0.1, -0.05) is 37.3 Å². The molecule has 1 aromatic carbocycles. The van der Waals surface area contributed by atoms with Gasteiger partial charge in [-0.2, -0.15) is 0 Å². The van der Waals surface area contributed by atoms with Crippen molar-refractivity contribution in [3.63, 3.8) is 0 Å². The van der Waals surface area contributed by atoms with Crippen LogP contribution in [0, 0.1) is 0 Å². The third kappa shape index (κ3) is 1.22. The fourth-order valence-corrected chi connectivity index (χ4v) is 1.41. The van der Waals surface area contributed by atoms with Crippen LogP contribution in [0.4, 0.5) is 5.69 Å². The molecule has 1 heterocycles. The van der Waals surface area contributed by atoms with E-state index >= 15 is 0 Å². The van der Waals surface area contributed by atoms with Crippen molar-refractivity contribution in [1.82, 2.24) is 5.32 Å². The Morgan fingerprint density at radius 3 is 3.00 bits per heavy atom. The van der Waals surface area contributed by atoms with Gasteiger partial charge in [-0.15, -0.1) is 0 Å². The maximum Gasteiger partial charge on any atom is 0.0687 e. The van der Waals surface area contributed by atoms with E-state index in [9.17, 15) is 0 Å². The van der Waals surface area contributed by atoms with Crippen molar-refractivity contribution in [3.8, 4) is 0 Å². The average Bonchev–Trinajstić information content (AvgIpc) is 2.17. The smallest absolute Gasteiger partial charge is 0.0687 e. The zero-order chi connectivity index (χ0) is 8.39. The van der Waals surface area contributed by atoms with Crippen LogP contribution >= 0.6 is 0 Å². The average molecular weight is 158 g/mol. The molecule has 0 N–H and O–H groups in total. The van der Waals surface area contributed by atoms with E-state index in [-0.39, 0.29) is 0 Å². The normalized spacial score (nSPS) is 19.9. The summed E-state index contributed by atoms with van der Waals surface area (Å²) >= 11 is 0. The van der Waals surface area contributed by atoms with Gasteiger partial charge in [0, 0.05) is 0 Å². The summed E-state index contributed by atoms with van der Waals surface area (Å²) in [7, 11) is 0. The Hall–Kier alpha value is -1.24. The summed E-state index contributed by atoms with van der Waals surface area (Å²) in [6, 6.07) is 8.64. The predicted octanol–water partition coefficient (Wildman–Crippen LogP) is 2.73. The summed E-state index contributed by atoms with van der Waals surface area (Å²) in [5.74, 6) is 0. The van der Waals surface area contributed by atoms with E-state index in [2.05, 4.69) is 36.5 Å². The van der Waals surface area contributed by atoms with Gasteiger partial charge in [0.2, 0.25) is 0 Å². The molecule has 0 spiro atoms. The molecule has 0 aromatic heterocycles. The van der Waals surface area contributed by atoms with Crippen molar-refractivity contribution in [3.05, 3.63) is 35.9 Å². The van der Waals surface area contributed by atoms with Crippen molar-refractivity contribution < 1.29 is 0 Å². The Kier molecular flexibility index (Phi) is 1.86. The summed E-state index contributed by atoms with van der Waals surface area (Å²) in [5, 5.41) is 4.58. The first-order valence-electron chi connectivity index (χ1n) is 4.38. The third-order valence-electron chi connectivity index (χ3n) is 2.16. The Bertz CT molecular complexity index is 302. The molecule has 2 rings (SSSR count). The molecule has 1 nitrogen and oxygen atoms in total. The quantitative estimate of drug-likeness (QED) is 0.596. The van der Waals surface area contributed by atoms with E-state index in [0.29, 0.717) is 6.04 Å². The second-order valence-corrected chi connectivity index (χ2v) is 3.02. The zero-order valence-electron chi connectivity index (χ0n) is 7.20. The first kappa shape index (κ1) is 7.41. The molecule has 0 fully saturated rings. The molecule has 61 valence electrons. The molecule has 0 bridgehead atoms. The van der Waals surface area contributed by atoms with E-state index in [1.54, 1.807) is 0 Å². The van der Waals surface area contributed by atoms with Crippen LogP contribution in [0.3, 0.4) is 0 Å². The Morgan fingerprint density at radius 1 is 1.33 bits per heavy atom. The van der Waals surface area contributed by atoms with Gasteiger partial charge < -0.3 is 0 Å². The Morgan fingerprint density at radius 2 is 2.17 bits per heavy atom. The molecule has 12 heavy (non-hydrogen) atoms. The summed E-state index contributed by atoms with van der Waals surface area (Å²) in [5.41, 5.74) is 2.37. The van der Waals surface area contributed by atoms with Gasteiger partial charge >= 0.3 is 0 Å². The van der Waals surface area contributed by atoms with Crippen LogP contribution in [0.1, 0.15) is 18.9 Å². The lowest BCUT2D eigenvalue weighted by atomic mass is 10.0. The number of para-hydroxylation sites is 1. The van der Waals surface area contributed by atoms with Gasteiger partial charge in [0.1, 0.15) is 0 Å². The summed E-state index contributed by atoms with van der Waals surface area (Å²) in [6.07, 6.45) is 5.42. The number of hydrogen-bond donors (Lipinski definition) is 0. The number of hydrogen-bond acceptors (Lipinski definition) is 0. The lowest BCUT2D eigenvalue weighted by molar-refractivity contribution is 0.669. The lowest BCUT2D eigenvalue weighted by Gasteiger charge is -2.17. The van der Waals surface area contributed by atoms with Crippen LogP contribution in [0.25, 0.3) is 6.08 Å². The third-order valence-corrected chi connectivity index (χ3v) is 2.16. The fourth-order valence-electron chi connectivity index (χ4n) is 1.41. The van der Waals surface area contributed by atoms with Gasteiger partial charge in [0.05, 0.1) is 11.7 Å². The highest BCUT2D eigenvalue weighted by Crippen LogP contribution is 2.23. The minimum atomic E-state index is 0.389. The standard InChI is InChI=1S/C11H12N/c1-2-10-8-7-9-5-3-4-6-11(9)12-10/h3-8,10H,2H2,1H3. The van der Waals surface area contributed by atoms with Crippen LogP contribution in [0.5, 0.6) is 0 Å². The molecule has 1 heteroatoms. The van der Waals surface area contributed by atoms with Gasteiger partial charge in [0.15, 0.2) is 0 Å². The second-order valence-electron chi connectivity index (χ2n) is 3.02. The van der Waals surface area contributed by atoms with E-state index in [4.69, 9.17) is 0 Å². The Labute approximate surface area is 73.1 Å². The molecule has 1 radical (unpaired) electrons. The topological polar surface area (TPSA) is 14.1 Å². The van der Waals surface area contributed by atoms with Gasteiger partial charge in [-0.25, -0.2) is 0 Å². The molecule has 1 unspecified atom stereocenters. The number of fused-ring (bicyclic) bond motifs is 1. The zero-order valence-corrected chi connectivity index (χ0v) is 7.20. The molecule has 0 saturated carbocycles. The Balaban J connectivity index is 2.33. The monoisotopic (exact) mass is 158 g/mol. The van der Waals surface area contributed by atoms with Crippen molar-refractivity contribution in [2.45, 2.75) is 19.4 Å². The number of rotatable bonds is 1. The minimum absolute atomic E-state index is 0.389. The number of nitrogens with zero attached hydrogens (tertiary/aromatic N) is 1. The van der Waals surface area contributed by atoms with Gasteiger partial charge in [0.25, 0.3) is 0 Å². The lowest BCUT2D eigenvalue weighted by Crippen LogP contribution is -2.17. The second kappa shape index (κ2) is 3.02. The van der Waals surface area contributed by atoms with E-state index in [1.165, 1.54) is 5.56 Å². The molecule has 0 amide bonds. The molecule has 1 aromatic rings. The maximum atomic E-state index is 4.58. The molecular weight excluding hydrogens is 146 g/mol. The summed E-state index contributed by atoms with van der Waals surface area (Å²) in [6.45, 7) is 2.16. The molecule has 1 aliphatic rings. The van der Waals surface area contributed by atoms with E-state index in [0.717, 1.165) is 12.1 Å². The molecule has 0 saturated heterocycles. The molecule has 1 atom stereocenters. The highest BCUT2D eigenvalue weighted by molar-refractivity contribution is 5.66. The van der Waals surface area contributed by atoms with E-state index in [1.807, 2.05) is 12.1 Å². The van der Waals surface area contributed by atoms with Crippen molar-refractivity contribution in [1.29, 1.82) is 0 Å². The maximum absolute atomic E-state index is 4.58. The van der Waals surface area contributed by atoms with Crippen LogP contribution in [0.15, 0.2) is 30.3 Å². The van der Waals surface area contributed by atoms with Crippen LogP contribution in [0.2, 0.25) is 0 Å². The highest BCUT2D eigenvalue weighted by atomic mass is 14.9. The SMILES string of the molecule is CCC1C=Cc2ccccc2[N]1. The summed E-state index contributed by atoms with van der Waals surface area (Å²) in [4.78, 5) is 0. The first-order valence-corrected chi connectivity index (χ1v) is 4.38. The van der Waals surface area contributed by atoms with Gasteiger partial charge in [-0.3, -0.25) is 5.32 Å². The molecule has 0 aliphatic carbocycles. The minimum Gasteiger partial charge on any atom is -0.277 e. The largest absolute Gasteiger partial charge is 0.277 e. The van der Waals surface area contributed by atoms with Crippen LogP contribution < -0.4 is 5.32 Å². The summed E-state index contributed by atoms with van der Waals surface area (Å²) < 4.78 is 0. The first-order chi connectivity index (χ1) is 5.90. The van der Waals surface area contributed by atoms with Crippen LogP contribution in [-0.4, -0.2) is 6.04 Å².